The summed E-state index contributed by atoms with van der Waals surface area (Å²) in [5, 5.41) is 3.66. The molecule has 1 amide bonds. The molecule has 3 rings (SSSR count). The molecule has 0 saturated carbocycles. The highest BCUT2D eigenvalue weighted by Gasteiger charge is 2.12. The molecule has 0 fully saturated rings. The van der Waals surface area contributed by atoms with Crippen molar-refractivity contribution in [2.75, 3.05) is 6.61 Å². The van der Waals surface area contributed by atoms with Crippen molar-refractivity contribution in [3.8, 4) is 5.75 Å². The maximum Gasteiger partial charge on any atom is 0.336 e. The Morgan fingerprint density at radius 2 is 2.15 bits per heavy atom. The van der Waals surface area contributed by atoms with Crippen molar-refractivity contribution in [2.45, 2.75) is 26.8 Å². The first-order chi connectivity index (χ1) is 12.6. The molecule has 0 unspecified atom stereocenters. The zero-order chi connectivity index (χ0) is 18.5. The van der Waals surface area contributed by atoms with Crippen LogP contribution in [0, 0.1) is 6.92 Å². The summed E-state index contributed by atoms with van der Waals surface area (Å²) in [7, 11) is 0. The molecule has 6 heteroatoms. The van der Waals surface area contributed by atoms with Crippen LogP contribution in [-0.2, 0) is 17.8 Å². The van der Waals surface area contributed by atoms with Gasteiger partial charge in [-0.3, -0.25) is 9.78 Å². The van der Waals surface area contributed by atoms with Crippen molar-refractivity contribution < 1.29 is 13.9 Å². The highest BCUT2D eigenvalue weighted by molar-refractivity contribution is 5.85. The number of aryl methyl sites for hydroxylation is 2. The monoisotopic (exact) mass is 352 g/mol. The number of benzene rings is 1. The second-order valence-corrected chi connectivity index (χ2v) is 5.94. The SMILES string of the molecule is CCc1cc(=O)oc2c(C)c(OCC(=O)NCc3cccnc3)ccc12. The standard InChI is InChI=1S/C20H20N2O4/c1-3-15-9-19(24)26-20-13(2)17(7-6-16(15)20)25-12-18(23)22-11-14-5-4-8-21-10-14/h4-10H,3,11-12H2,1-2H3,(H,22,23). The molecule has 1 N–H and O–H groups in total. The summed E-state index contributed by atoms with van der Waals surface area (Å²) in [6.45, 7) is 4.07. The van der Waals surface area contributed by atoms with Gasteiger partial charge in [-0.2, -0.15) is 0 Å². The summed E-state index contributed by atoms with van der Waals surface area (Å²) in [6, 6.07) is 8.86. The number of fused-ring (bicyclic) bond motifs is 1. The zero-order valence-electron chi connectivity index (χ0n) is 14.7. The number of rotatable bonds is 6. The Morgan fingerprint density at radius 3 is 2.88 bits per heavy atom. The highest BCUT2D eigenvalue weighted by Crippen LogP contribution is 2.28. The Kier molecular flexibility index (Phi) is 5.31. The second kappa shape index (κ2) is 7.82. The fraction of sp³-hybridized carbons (Fsp3) is 0.250. The Bertz CT molecular complexity index is 980. The lowest BCUT2D eigenvalue weighted by molar-refractivity contribution is -0.123. The van der Waals surface area contributed by atoms with E-state index in [0.29, 0.717) is 23.4 Å². The highest BCUT2D eigenvalue weighted by atomic mass is 16.5. The number of carbonyl (C=O) groups excluding carboxylic acids is 1. The van der Waals surface area contributed by atoms with Crippen LogP contribution < -0.4 is 15.7 Å². The first-order valence-electron chi connectivity index (χ1n) is 8.43. The van der Waals surface area contributed by atoms with Gasteiger partial charge in [0.25, 0.3) is 5.91 Å². The van der Waals surface area contributed by atoms with Gasteiger partial charge in [-0.05, 0) is 42.7 Å². The molecule has 0 saturated heterocycles. The number of carbonyl (C=O) groups is 1. The zero-order valence-corrected chi connectivity index (χ0v) is 14.7. The van der Waals surface area contributed by atoms with Crippen LogP contribution in [0.25, 0.3) is 11.0 Å². The fourth-order valence-electron chi connectivity index (χ4n) is 2.75. The average molecular weight is 352 g/mol. The van der Waals surface area contributed by atoms with E-state index in [9.17, 15) is 9.59 Å². The van der Waals surface area contributed by atoms with E-state index in [1.54, 1.807) is 18.5 Å². The molecular weight excluding hydrogens is 332 g/mol. The van der Waals surface area contributed by atoms with Crippen molar-refractivity contribution in [3.05, 3.63) is 69.8 Å². The van der Waals surface area contributed by atoms with E-state index in [2.05, 4.69) is 10.3 Å². The normalized spacial score (nSPS) is 10.7. The predicted molar refractivity (Wildman–Crippen MR) is 98.2 cm³/mol. The number of amides is 1. The van der Waals surface area contributed by atoms with Gasteiger partial charge < -0.3 is 14.5 Å². The first-order valence-corrected chi connectivity index (χ1v) is 8.43. The van der Waals surface area contributed by atoms with Crippen LogP contribution in [0.3, 0.4) is 0 Å². The molecule has 0 spiro atoms. The van der Waals surface area contributed by atoms with E-state index in [0.717, 1.165) is 22.9 Å². The van der Waals surface area contributed by atoms with Gasteiger partial charge in [-0.1, -0.05) is 13.0 Å². The molecule has 0 bridgehead atoms. The number of aromatic nitrogens is 1. The third-order valence-electron chi connectivity index (χ3n) is 4.15. The lowest BCUT2D eigenvalue weighted by Crippen LogP contribution is -2.28. The largest absolute Gasteiger partial charge is 0.483 e. The first kappa shape index (κ1) is 17.7. The van der Waals surface area contributed by atoms with Gasteiger partial charge in [0.15, 0.2) is 6.61 Å². The molecule has 0 aliphatic rings. The Labute approximate surface area is 150 Å². The van der Waals surface area contributed by atoms with Crippen LogP contribution >= 0.6 is 0 Å². The summed E-state index contributed by atoms with van der Waals surface area (Å²) in [5.41, 5.74) is 2.66. The predicted octanol–water partition coefficient (Wildman–Crippen LogP) is 2.75. The van der Waals surface area contributed by atoms with Gasteiger partial charge in [0.2, 0.25) is 0 Å². The summed E-state index contributed by atoms with van der Waals surface area (Å²) in [6.07, 6.45) is 4.11. The number of nitrogens with zero attached hydrogens (tertiary/aromatic N) is 1. The van der Waals surface area contributed by atoms with Crippen molar-refractivity contribution in [2.24, 2.45) is 0 Å². The lowest BCUT2D eigenvalue weighted by Gasteiger charge is -2.12. The van der Waals surface area contributed by atoms with Gasteiger partial charge in [-0.25, -0.2) is 4.79 Å². The maximum atomic E-state index is 12.0. The fourth-order valence-corrected chi connectivity index (χ4v) is 2.75. The summed E-state index contributed by atoms with van der Waals surface area (Å²) < 4.78 is 11.0. The van der Waals surface area contributed by atoms with E-state index in [4.69, 9.17) is 9.15 Å². The van der Waals surface area contributed by atoms with Crippen LogP contribution in [-0.4, -0.2) is 17.5 Å². The lowest BCUT2D eigenvalue weighted by atomic mass is 10.0. The van der Waals surface area contributed by atoms with E-state index in [1.807, 2.05) is 32.0 Å². The Hall–Kier alpha value is -3.15. The minimum atomic E-state index is -0.385. The Morgan fingerprint density at radius 1 is 1.31 bits per heavy atom. The summed E-state index contributed by atoms with van der Waals surface area (Å²) >= 11 is 0. The van der Waals surface area contributed by atoms with Crippen LogP contribution in [0.4, 0.5) is 0 Å². The topological polar surface area (TPSA) is 81.4 Å². The van der Waals surface area contributed by atoms with Crippen LogP contribution in [0.1, 0.15) is 23.6 Å². The quantitative estimate of drug-likeness (QED) is 0.690. The van der Waals surface area contributed by atoms with E-state index < -0.39 is 0 Å². The van der Waals surface area contributed by atoms with Gasteiger partial charge >= 0.3 is 5.63 Å². The molecule has 0 aliphatic heterocycles. The molecule has 1 aromatic carbocycles. The molecule has 2 aromatic heterocycles. The molecule has 2 heterocycles. The molecule has 6 nitrogen and oxygen atoms in total. The average Bonchev–Trinajstić information content (AvgIpc) is 2.66. The molecule has 0 aliphatic carbocycles. The van der Waals surface area contributed by atoms with Crippen molar-refractivity contribution >= 4 is 16.9 Å². The van der Waals surface area contributed by atoms with Crippen molar-refractivity contribution in [1.82, 2.24) is 10.3 Å². The van der Waals surface area contributed by atoms with Gasteiger partial charge in [0.1, 0.15) is 11.3 Å². The third kappa shape index (κ3) is 3.91. The van der Waals surface area contributed by atoms with E-state index >= 15 is 0 Å². The number of hydrogen-bond acceptors (Lipinski definition) is 5. The number of pyridine rings is 1. The van der Waals surface area contributed by atoms with Crippen molar-refractivity contribution in [1.29, 1.82) is 0 Å². The summed E-state index contributed by atoms with van der Waals surface area (Å²) in [4.78, 5) is 27.7. The molecular formula is C20H20N2O4. The van der Waals surface area contributed by atoms with Crippen LogP contribution in [0.5, 0.6) is 5.75 Å². The van der Waals surface area contributed by atoms with Gasteiger partial charge in [0.05, 0.1) is 0 Å². The molecule has 134 valence electrons. The minimum absolute atomic E-state index is 0.121. The van der Waals surface area contributed by atoms with E-state index in [-0.39, 0.29) is 18.1 Å². The second-order valence-electron chi connectivity index (χ2n) is 5.94. The van der Waals surface area contributed by atoms with Crippen LogP contribution in [0.15, 0.2) is 51.9 Å². The molecule has 26 heavy (non-hydrogen) atoms. The molecule has 0 radical (unpaired) electrons. The molecule has 3 aromatic rings. The maximum absolute atomic E-state index is 12.0. The number of ether oxygens (including phenoxy) is 1. The van der Waals surface area contributed by atoms with Gasteiger partial charge in [-0.15, -0.1) is 0 Å². The van der Waals surface area contributed by atoms with E-state index in [1.165, 1.54) is 6.07 Å². The summed E-state index contributed by atoms with van der Waals surface area (Å²) in [5.74, 6) is 0.280. The van der Waals surface area contributed by atoms with Gasteiger partial charge in [0, 0.05) is 36.0 Å². The van der Waals surface area contributed by atoms with Crippen LogP contribution in [0.2, 0.25) is 0 Å². The molecule has 0 atom stereocenters. The number of nitrogens with one attached hydrogen (secondary N) is 1. The Balaban J connectivity index is 1.70. The van der Waals surface area contributed by atoms with Crippen molar-refractivity contribution in [3.63, 3.8) is 0 Å². The number of hydrogen-bond donors (Lipinski definition) is 1. The minimum Gasteiger partial charge on any atom is -0.483 e. The third-order valence-corrected chi connectivity index (χ3v) is 4.15. The smallest absolute Gasteiger partial charge is 0.336 e.